The van der Waals surface area contributed by atoms with Crippen LogP contribution in [0.2, 0.25) is 0 Å². The second-order valence-electron chi connectivity index (χ2n) is 7.23. The summed E-state index contributed by atoms with van der Waals surface area (Å²) in [5.74, 6) is -4.40. The SMILES string of the molecule is N[C@@H](Cc1ccccc1)C(=O)N[C@@H](Cc1ccc(O)cc1)C(=O)N[C@@H](CC(=O)O)C(=O)O. The van der Waals surface area contributed by atoms with E-state index in [1.165, 1.54) is 24.3 Å². The third-order valence-corrected chi connectivity index (χ3v) is 4.64. The monoisotopic (exact) mass is 443 g/mol. The van der Waals surface area contributed by atoms with Crippen molar-refractivity contribution in [3.63, 3.8) is 0 Å². The van der Waals surface area contributed by atoms with Crippen molar-refractivity contribution in [1.82, 2.24) is 10.6 Å². The van der Waals surface area contributed by atoms with Crippen molar-refractivity contribution in [1.29, 1.82) is 0 Å². The van der Waals surface area contributed by atoms with Crippen LogP contribution in [0.25, 0.3) is 0 Å². The van der Waals surface area contributed by atoms with Gasteiger partial charge in [0, 0.05) is 6.42 Å². The van der Waals surface area contributed by atoms with Crippen molar-refractivity contribution in [3.8, 4) is 5.75 Å². The van der Waals surface area contributed by atoms with Crippen molar-refractivity contribution in [2.45, 2.75) is 37.4 Å². The largest absolute Gasteiger partial charge is 0.508 e. The molecule has 0 saturated heterocycles. The Morgan fingerprint density at radius 3 is 1.91 bits per heavy atom. The normalized spacial score (nSPS) is 13.4. The fraction of sp³-hybridized carbons (Fsp3) is 0.273. The van der Waals surface area contributed by atoms with Crippen LogP contribution in [0, 0.1) is 0 Å². The molecule has 0 spiro atoms. The molecule has 2 aromatic rings. The van der Waals surface area contributed by atoms with E-state index in [-0.39, 0.29) is 18.6 Å². The van der Waals surface area contributed by atoms with Gasteiger partial charge in [-0.1, -0.05) is 42.5 Å². The van der Waals surface area contributed by atoms with Crippen LogP contribution in [0.1, 0.15) is 17.5 Å². The molecule has 0 aliphatic heterocycles. The van der Waals surface area contributed by atoms with Crippen molar-refractivity contribution < 1.29 is 34.5 Å². The molecule has 10 heteroatoms. The number of nitrogens with two attached hydrogens (primary N) is 1. The minimum absolute atomic E-state index is 0.0102. The Morgan fingerprint density at radius 2 is 1.34 bits per heavy atom. The standard InChI is InChI=1S/C22H25N3O7/c23-16(10-13-4-2-1-3-5-13)20(29)24-17(11-14-6-8-15(26)9-7-14)21(30)25-18(22(31)32)12-19(27)28/h1-9,16-18,26H,10-12,23H2,(H,24,29)(H,25,30)(H,27,28)(H,31,32)/t16-,17-,18-/m0/s1. The van der Waals surface area contributed by atoms with Gasteiger partial charge in [-0.05, 0) is 29.7 Å². The van der Waals surface area contributed by atoms with Crippen LogP contribution in [0.15, 0.2) is 54.6 Å². The highest BCUT2D eigenvalue weighted by atomic mass is 16.4. The van der Waals surface area contributed by atoms with E-state index in [1.807, 2.05) is 6.07 Å². The molecule has 0 aliphatic rings. The maximum absolute atomic E-state index is 12.8. The molecular weight excluding hydrogens is 418 g/mol. The number of aromatic hydroxyl groups is 1. The van der Waals surface area contributed by atoms with Gasteiger partial charge >= 0.3 is 11.9 Å². The molecule has 0 saturated carbocycles. The number of phenolic OH excluding ortho intramolecular Hbond substituents is 1. The van der Waals surface area contributed by atoms with Gasteiger partial charge in [0.2, 0.25) is 11.8 Å². The summed E-state index contributed by atoms with van der Waals surface area (Å²) in [6.45, 7) is 0. The minimum Gasteiger partial charge on any atom is -0.508 e. The van der Waals surface area contributed by atoms with Crippen molar-refractivity contribution in [3.05, 3.63) is 65.7 Å². The third kappa shape index (κ3) is 7.73. The molecule has 0 aromatic heterocycles. The first kappa shape index (κ1) is 24.4. The molecule has 170 valence electrons. The van der Waals surface area contributed by atoms with Gasteiger partial charge < -0.3 is 31.7 Å². The van der Waals surface area contributed by atoms with Crippen LogP contribution in [0.4, 0.5) is 0 Å². The molecule has 7 N–H and O–H groups in total. The van der Waals surface area contributed by atoms with Crippen LogP contribution in [-0.2, 0) is 32.0 Å². The van der Waals surface area contributed by atoms with Gasteiger partial charge in [0.05, 0.1) is 12.5 Å². The average molecular weight is 443 g/mol. The molecule has 0 unspecified atom stereocenters. The first-order valence-electron chi connectivity index (χ1n) is 9.78. The molecule has 2 aromatic carbocycles. The van der Waals surface area contributed by atoms with E-state index in [9.17, 15) is 29.4 Å². The Labute approximate surface area is 184 Å². The van der Waals surface area contributed by atoms with E-state index in [0.29, 0.717) is 5.56 Å². The summed E-state index contributed by atoms with van der Waals surface area (Å²) in [4.78, 5) is 47.6. The fourth-order valence-corrected chi connectivity index (χ4v) is 2.96. The molecule has 3 atom stereocenters. The Kier molecular flexibility index (Phi) is 8.72. The van der Waals surface area contributed by atoms with E-state index in [1.54, 1.807) is 24.3 Å². The lowest BCUT2D eigenvalue weighted by atomic mass is 10.0. The number of rotatable bonds is 11. The van der Waals surface area contributed by atoms with E-state index >= 15 is 0 Å². The first-order chi connectivity index (χ1) is 15.2. The molecule has 32 heavy (non-hydrogen) atoms. The third-order valence-electron chi connectivity index (χ3n) is 4.64. The van der Waals surface area contributed by atoms with Crippen LogP contribution >= 0.6 is 0 Å². The van der Waals surface area contributed by atoms with Crippen molar-refractivity contribution in [2.24, 2.45) is 5.73 Å². The van der Waals surface area contributed by atoms with Crippen LogP contribution < -0.4 is 16.4 Å². The molecule has 0 heterocycles. The average Bonchev–Trinajstić information content (AvgIpc) is 2.74. The lowest BCUT2D eigenvalue weighted by molar-refractivity contribution is -0.147. The Morgan fingerprint density at radius 1 is 0.781 bits per heavy atom. The van der Waals surface area contributed by atoms with Gasteiger partial charge in [-0.15, -0.1) is 0 Å². The predicted octanol–water partition coefficient (Wildman–Crippen LogP) is 0.0336. The molecule has 0 fully saturated rings. The zero-order valence-electron chi connectivity index (χ0n) is 17.1. The Bertz CT molecular complexity index is 948. The lowest BCUT2D eigenvalue weighted by Crippen LogP contribution is -2.55. The highest BCUT2D eigenvalue weighted by molar-refractivity contribution is 5.93. The summed E-state index contributed by atoms with van der Waals surface area (Å²) in [6, 6.07) is 11.1. The number of carboxylic acid groups (broad SMARTS) is 2. The fourth-order valence-electron chi connectivity index (χ4n) is 2.96. The molecule has 10 nitrogen and oxygen atoms in total. The smallest absolute Gasteiger partial charge is 0.326 e. The van der Waals surface area contributed by atoms with Crippen LogP contribution in [0.3, 0.4) is 0 Å². The molecule has 2 amide bonds. The number of aliphatic carboxylic acids is 2. The summed E-state index contributed by atoms with van der Waals surface area (Å²) in [6.07, 6.45) is -0.638. The van der Waals surface area contributed by atoms with Gasteiger partial charge in [0.25, 0.3) is 0 Å². The zero-order valence-corrected chi connectivity index (χ0v) is 17.1. The van der Waals surface area contributed by atoms with Crippen molar-refractivity contribution >= 4 is 23.8 Å². The van der Waals surface area contributed by atoms with Gasteiger partial charge in [-0.3, -0.25) is 14.4 Å². The number of benzene rings is 2. The predicted molar refractivity (Wildman–Crippen MR) is 114 cm³/mol. The Hall–Kier alpha value is -3.92. The summed E-state index contributed by atoms with van der Waals surface area (Å²) in [5.41, 5.74) is 7.37. The number of carbonyl (C=O) groups is 4. The highest BCUT2D eigenvalue weighted by Gasteiger charge is 2.29. The van der Waals surface area contributed by atoms with E-state index in [2.05, 4.69) is 10.6 Å². The van der Waals surface area contributed by atoms with E-state index < -0.39 is 48.3 Å². The highest BCUT2D eigenvalue weighted by Crippen LogP contribution is 2.12. The summed E-state index contributed by atoms with van der Waals surface area (Å²) in [7, 11) is 0. The number of hydrogen-bond acceptors (Lipinski definition) is 6. The number of carbonyl (C=O) groups excluding carboxylic acids is 2. The van der Waals surface area contributed by atoms with E-state index in [4.69, 9.17) is 10.8 Å². The number of amides is 2. The van der Waals surface area contributed by atoms with Gasteiger partial charge in [0.15, 0.2) is 0 Å². The van der Waals surface area contributed by atoms with Crippen LogP contribution in [0.5, 0.6) is 5.75 Å². The maximum Gasteiger partial charge on any atom is 0.326 e. The summed E-state index contributed by atoms with van der Waals surface area (Å²) >= 11 is 0. The molecule has 0 radical (unpaired) electrons. The first-order valence-corrected chi connectivity index (χ1v) is 9.78. The molecule has 0 aliphatic carbocycles. The number of nitrogens with one attached hydrogen (secondary N) is 2. The summed E-state index contributed by atoms with van der Waals surface area (Å²) < 4.78 is 0. The second kappa shape index (κ2) is 11.5. The molecular formula is C22H25N3O7. The topological polar surface area (TPSA) is 179 Å². The molecule has 0 bridgehead atoms. The van der Waals surface area contributed by atoms with Crippen molar-refractivity contribution in [2.75, 3.05) is 0 Å². The summed E-state index contributed by atoms with van der Waals surface area (Å²) in [5, 5.41) is 32.2. The van der Waals surface area contributed by atoms with Crippen LogP contribution in [-0.4, -0.2) is 57.2 Å². The van der Waals surface area contributed by atoms with Gasteiger partial charge in [-0.25, -0.2) is 4.79 Å². The lowest BCUT2D eigenvalue weighted by Gasteiger charge is -2.22. The molecule has 2 rings (SSSR count). The number of hydrogen-bond donors (Lipinski definition) is 6. The Balaban J connectivity index is 2.15. The number of carboxylic acids is 2. The van der Waals surface area contributed by atoms with E-state index in [0.717, 1.165) is 5.56 Å². The zero-order chi connectivity index (χ0) is 23.7. The quantitative estimate of drug-likeness (QED) is 0.281. The maximum atomic E-state index is 12.8. The number of phenols is 1. The second-order valence-corrected chi connectivity index (χ2v) is 7.23. The minimum atomic E-state index is -1.67. The van der Waals surface area contributed by atoms with Gasteiger partial charge in [0.1, 0.15) is 17.8 Å². The van der Waals surface area contributed by atoms with Gasteiger partial charge in [-0.2, -0.15) is 0 Å².